The normalized spacial score (nSPS) is 10.3. The largest absolute Gasteiger partial charge is 0.478 e. The van der Waals surface area contributed by atoms with E-state index in [9.17, 15) is 9.59 Å². The van der Waals surface area contributed by atoms with Gasteiger partial charge in [-0.25, -0.2) is 9.59 Å². The number of ether oxygens (including phenoxy) is 1. The zero-order valence-electron chi connectivity index (χ0n) is 12.2. The molecule has 6 N–H and O–H groups in total. The van der Waals surface area contributed by atoms with Crippen molar-refractivity contribution in [2.45, 2.75) is 13.1 Å². The second kappa shape index (κ2) is 6.91. The summed E-state index contributed by atoms with van der Waals surface area (Å²) in [6.07, 6.45) is 0. The maximum absolute atomic E-state index is 11.1. The first kappa shape index (κ1) is 16.5. The van der Waals surface area contributed by atoms with Gasteiger partial charge in [-0.05, 0) is 47.5 Å². The fourth-order valence-electron chi connectivity index (χ4n) is 2.16. The number of nitrogens with two attached hydrogens (primary N) is 2. The quantitative estimate of drug-likeness (QED) is 0.637. The van der Waals surface area contributed by atoms with Crippen molar-refractivity contribution in [3.63, 3.8) is 0 Å². The van der Waals surface area contributed by atoms with E-state index in [-0.39, 0.29) is 24.2 Å². The summed E-state index contributed by atoms with van der Waals surface area (Å²) in [6, 6.07) is 8.92. The molecule has 2 rings (SSSR count). The van der Waals surface area contributed by atoms with Gasteiger partial charge in [-0.3, -0.25) is 0 Å². The topological polar surface area (TPSA) is 136 Å². The zero-order chi connectivity index (χ0) is 17.0. The summed E-state index contributed by atoms with van der Waals surface area (Å²) >= 11 is 0. The molecule has 23 heavy (non-hydrogen) atoms. The van der Waals surface area contributed by atoms with Crippen LogP contribution in [0.25, 0.3) is 0 Å². The number of hydrogen-bond donors (Lipinski definition) is 4. The highest BCUT2D eigenvalue weighted by Gasteiger charge is 2.12. The molecule has 0 spiro atoms. The number of aromatic carboxylic acids is 2. The lowest BCUT2D eigenvalue weighted by molar-refractivity contribution is 0.0685. The van der Waals surface area contributed by atoms with Crippen LogP contribution < -0.4 is 16.2 Å². The van der Waals surface area contributed by atoms with E-state index in [1.807, 2.05) is 0 Å². The molecule has 0 saturated heterocycles. The first-order valence-electron chi connectivity index (χ1n) is 6.76. The van der Waals surface area contributed by atoms with E-state index in [1.165, 1.54) is 36.4 Å². The Morgan fingerprint density at radius 2 is 1.22 bits per heavy atom. The molecule has 0 aromatic heterocycles. The van der Waals surface area contributed by atoms with Gasteiger partial charge in [-0.1, -0.05) is 0 Å². The van der Waals surface area contributed by atoms with Gasteiger partial charge in [-0.2, -0.15) is 0 Å². The van der Waals surface area contributed by atoms with E-state index >= 15 is 0 Å². The van der Waals surface area contributed by atoms with Gasteiger partial charge in [-0.15, -0.1) is 0 Å². The van der Waals surface area contributed by atoms with E-state index in [0.717, 1.165) is 0 Å². The van der Waals surface area contributed by atoms with E-state index in [2.05, 4.69) is 0 Å². The van der Waals surface area contributed by atoms with Crippen LogP contribution in [0, 0.1) is 0 Å². The van der Waals surface area contributed by atoms with Gasteiger partial charge < -0.3 is 26.4 Å². The number of benzene rings is 2. The van der Waals surface area contributed by atoms with Gasteiger partial charge >= 0.3 is 11.9 Å². The van der Waals surface area contributed by atoms with Crippen molar-refractivity contribution in [3.8, 4) is 11.5 Å². The van der Waals surface area contributed by atoms with Crippen LogP contribution in [0.2, 0.25) is 0 Å². The van der Waals surface area contributed by atoms with Crippen molar-refractivity contribution in [3.05, 3.63) is 58.7 Å². The van der Waals surface area contributed by atoms with E-state index in [0.29, 0.717) is 22.6 Å². The molecule has 0 heterocycles. The number of carboxylic acids is 2. The molecule has 0 saturated carbocycles. The maximum atomic E-state index is 11.1. The molecule has 0 radical (unpaired) electrons. The SMILES string of the molecule is NCc1cc(Oc2ccc(C(=O)O)c(CN)c2)ccc1C(=O)O. The van der Waals surface area contributed by atoms with Gasteiger partial charge in [0.1, 0.15) is 11.5 Å². The average Bonchev–Trinajstić information content (AvgIpc) is 2.54. The van der Waals surface area contributed by atoms with Gasteiger partial charge in [0.25, 0.3) is 0 Å². The molecule has 2 aromatic carbocycles. The summed E-state index contributed by atoms with van der Waals surface area (Å²) in [5, 5.41) is 18.1. The summed E-state index contributed by atoms with van der Waals surface area (Å²) < 4.78 is 5.64. The van der Waals surface area contributed by atoms with Crippen molar-refractivity contribution in [2.24, 2.45) is 11.5 Å². The molecule has 0 bridgehead atoms. The Balaban J connectivity index is 2.32. The van der Waals surface area contributed by atoms with Crippen LogP contribution in [0.4, 0.5) is 0 Å². The minimum atomic E-state index is -1.06. The molecule has 0 aliphatic carbocycles. The lowest BCUT2D eigenvalue weighted by atomic mass is 10.1. The van der Waals surface area contributed by atoms with Crippen LogP contribution in [0.3, 0.4) is 0 Å². The van der Waals surface area contributed by atoms with Gasteiger partial charge in [0.2, 0.25) is 0 Å². The van der Waals surface area contributed by atoms with Crippen LogP contribution >= 0.6 is 0 Å². The maximum Gasteiger partial charge on any atom is 0.336 e. The molecular weight excluding hydrogens is 300 g/mol. The van der Waals surface area contributed by atoms with Crippen molar-refractivity contribution in [1.29, 1.82) is 0 Å². The summed E-state index contributed by atoms with van der Waals surface area (Å²) in [6.45, 7) is 0.121. The standard InChI is InChI=1S/C16H16N2O5/c17-7-9-5-11(1-3-13(9)15(19)20)23-12-2-4-14(16(21)22)10(6-12)8-18/h1-6H,7-8,17-18H2,(H,19,20)(H,21,22). The van der Waals surface area contributed by atoms with Crippen molar-refractivity contribution < 1.29 is 24.5 Å². The third kappa shape index (κ3) is 3.65. The predicted octanol–water partition coefficient (Wildman–Crippen LogP) is 1.79. The van der Waals surface area contributed by atoms with Gasteiger partial charge in [0.05, 0.1) is 11.1 Å². The lowest BCUT2D eigenvalue weighted by Crippen LogP contribution is -2.08. The minimum absolute atomic E-state index is 0.0604. The molecule has 0 atom stereocenters. The van der Waals surface area contributed by atoms with Crippen LogP contribution in [0.5, 0.6) is 11.5 Å². The molecule has 0 aliphatic rings. The zero-order valence-corrected chi connectivity index (χ0v) is 12.2. The van der Waals surface area contributed by atoms with Crippen LogP contribution in [0.1, 0.15) is 31.8 Å². The molecule has 0 amide bonds. The van der Waals surface area contributed by atoms with Crippen LogP contribution in [-0.4, -0.2) is 22.2 Å². The predicted molar refractivity (Wildman–Crippen MR) is 82.7 cm³/mol. The summed E-state index contributed by atoms with van der Waals surface area (Å²) in [5.41, 5.74) is 12.2. The summed E-state index contributed by atoms with van der Waals surface area (Å²) in [7, 11) is 0. The van der Waals surface area contributed by atoms with Crippen molar-refractivity contribution in [1.82, 2.24) is 0 Å². The Labute approximate surface area is 132 Å². The Bertz CT molecular complexity index is 695. The van der Waals surface area contributed by atoms with E-state index in [4.69, 9.17) is 26.4 Å². The fourth-order valence-corrected chi connectivity index (χ4v) is 2.16. The molecule has 2 aromatic rings. The molecule has 0 unspecified atom stereocenters. The smallest absolute Gasteiger partial charge is 0.336 e. The van der Waals surface area contributed by atoms with Crippen LogP contribution in [0.15, 0.2) is 36.4 Å². The van der Waals surface area contributed by atoms with Gasteiger partial charge in [0.15, 0.2) is 0 Å². The molecule has 120 valence electrons. The fraction of sp³-hybridized carbons (Fsp3) is 0.125. The molecule has 0 fully saturated rings. The highest BCUT2D eigenvalue weighted by molar-refractivity contribution is 5.90. The highest BCUT2D eigenvalue weighted by Crippen LogP contribution is 2.26. The first-order chi connectivity index (χ1) is 11.0. The molecule has 7 heteroatoms. The molecular formula is C16H16N2O5. The average molecular weight is 316 g/mol. The van der Waals surface area contributed by atoms with Crippen LogP contribution in [-0.2, 0) is 13.1 Å². The van der Waals surface area contributed by atoms with Crippen molar-refractivity contribution >= 4 is 11.9 Å². The summed E-state index contributed by atoms with van der Waals surface area (Å²) in [4.78, 5) is 22.1. The minimum Gasteiger partial charge on any atom is -0.478 e. The van der Waals surface area contributed by atoms with Crippen molar-refractivity contribution in [2.75, 3.05) is 0 Å². The third-order valence-electron chi connectivity index (χ3n) is 3.29. The van der Waals surface area contributed by atoms with E-state index < -0.39 is 11.9 Å². The Kier molecular flexibility index (Phi) is 4.95. The highest BCUT2D eigenvalue weighted by atomic mass is 16.5. The second-order valence-corrected chi connectivity index (χ2v) is 4.76. The third-order valence-corrected chi connectivity index (χ3v) is 3.29. The monoisotopic (exact) mass is 316 g/mol. The Morgan fingerprint density at radius 3 is 1.52 bits per heavy atom. The lowest BCUT2D eigenvalue weighted by Gasteiger charge is -2.11. The van der Waals surface area contributed by atoms with E-state index in [1.54, 1.807) is 0 Å². The second-order valence-electron chi connectivity index (χ2n) is 4.76. The number of carboxylic acid groups (broad SMARTS) is 2. The summed E-state index contributed by atoms with van der Waals surface area (Å²) in [5.74, 6) is -1.32. The van der Waals surface area contributed by atoms with Gasteiger partial charge in [0, 0.05) is 13.1 Å². The number of rotatable bonds is 6. The molecule has 0 aliphatic heterocycles. The molecule has 7 nitrogen and oxygen atoms in total. The number of hydrogen-bond acceptors (Lipinski definition) is 5. The number of carbonyl (C=O) groups is 2. The Morgan fingerprint density at radius 1 is 0.826 bits per heavy atom. The first-order valence-corrected chi connectivity index (χ1v) is 6.76. The Hall–Kier alpha value is -2.90.